The largest absolute Gasteiger partial charge is 0.493 e. The van der Waals surface area contributed by atoms with Gasteiger partial charge in [0, 0.05) is 18.8 Å². The van der Waals surface area contributed by atoms with E-state index in [1.165, 1.54) is 0 Å². The van der Waals surface area contributed by atoms with E-state index in [0.717, 1.165) is 19.3 Å². The molecule has 0 saturated carbocycles. The Morgan fingerprint density at radius 1 is 1.10 bits per heavy atom. The van der Waals surface area contributed by atoms with E-state index in [9.17, 15) is 13.2 Å². The third-order valence-electron chi connectivity index (χ3n) is 5.58. The van der Waals surface area contributed by atoms with E-state index in [0.29, 0.717) is 48.5 Å². The van der Waals surface area contributed by atoms with E-state index in [2.05, 4.69) is 26.1 Å². The molecule has 1 aliphatic rings. The van der Waals surface area contributed by atoms with Gasteiger partial charge in [-0.25, -0.2) is 8.42 Å². The average Bonchev–Trinajstić information content (AvgIpc) is 2.74. The van der Waals surface area contributed by atoms with Crippen molar-refractivity contribution in [2.24, 2.45) is 11.8 Å². The Morgan fingerprint density at radius 2 is 1.74 bits per heavy atom. The first-order chi connectivity index (χ1) is 14.8. The molecule has 1 saturated heterocycles. The minimum atomic E-state index is -3.51. The molecule has 0 atom stereocenters. The molecule has 1 aliphatic heterocycles. The number of piperidine rings is 1. The Hall–Kier alpha value is -2.38. The van der Waals surface area contributed by atoms with Gasteiger partial charge in [0.2, 0.25) is 10.0 Å². The quantitative estimate of drug-likeness (QED) is 0.635. The first kappa shape index (κ1) is 23.3. The third-order valence-corrected chi connectivity index (χ3v) is 7.49. The summed E-state index contributed by atoms with van der Waals surface area (Å²) < 4.78 is 33.1. The highest BCUT2D eigenvalue weighted by atomic mass is 32.2. The summed E-state index contributed by atoms with van der Waals surface area (Å²) in [6, 6.07) is 13.5. The van der Waals surface area contributed by atoms with Crippen LogP contribution in [0.15, 0.2) is 53.4 Å². The molecule has 31 heavy (non-hydrogen) atoms. The second-order valence-corrected chi connectivity index (χ2v) is 10.5. The Kier molecular flexibility index (Phi) is 7.73. The second kappa shape index (κ2) is 10.3. The molecule has 0 aliphatic carbocycles. The van der Waals surface area contributed by atoms with Gasteiger partial charge in [0.25, 0.3) is 5.91 Å². The highest BCUT2D eigenvalue weighted by Crippen LogP contribution is 2.25. The van der Waals surface area contributed by atoms with Crippen LogP contribution >= 0.6 is 0 Å². The molecule has 1 amide bonds. The van der Waals surface area contributed by atoms with Crippen molar-refractivity contribution in [3.8, 4) is 5.75 Å². The lowest BCUT2D eigenvalue weighted by molar-refractivity contribution is 0.102. The number of hydrogen-bond acceptors (Lipinski definition) is 4. The van der Waals surface area contributed by atoms with Gasteiger partial charge in [0.1, 0.15) is 5.75 Å². The zero-order valence-corrected chi connectivity index (χ0v) is 19.3. The number of nitrogens with one attached hydrogen (secondary N) is 1. The van der Waals surface area contributed by atoms with Gasteiger partial charge >= 0.3 is 0 Å². The van der Waals surface area contributed by atoms with Gasteiger partial charge in [0.15, 0.2) is 0 Å². The van der Waals surface area contributed by atoms with Crippen molar-refractivity contribution in [1.82, 2.24) is 4.31 Å². The summed E-state index contributed by atoms with van der Waals surface area (Å²) in [5, 5.41) is 2.83. The molecule has 1 fully saturated rings. The predicted molar refractivity (Wildman–Crippen MR) is 123 cm³/mol. The minimum absolute atomic E-state index is 0.248. The van der Waals surface area contributed by atoms with Crippen molar-refractivity contribution in [1.29, 1.82) is 0 Å². The van der Waals surface area contributed by atoms with Crippen LogP contribution in [0.3, 0.4) is 0 Å². The van der Waals surface area contributed by atoms with Gasteiger partial charge in [-0.15, -0.1) is 0 Å². The van der Waals surface area contributed by atoms with Gasteiger partial charge in [0.05, 0.1) is 17.1 Å². The standard InChI is InChI=1S/C24H32N2O4S/c1-18(2)14-17-30-23-7-5-4-6-22(23)24(27)25-20-8-10-21(11-9-20)31(28,29)26-15-12-19(3)13-16-26/h4-11,18-19H,12-17H2,1-3H3,(H,25,27). The summed E-state index contributed by atoms with van der Waals surface area (Å²) in [5.41, 5.74) is 0.985. The number of nitrogens with zero attached hydrogens (tertiary/aromatic N) is 1. The SMILES string of the molecule is CC(C)CCOc1ccccc1C(=O)Nc1ccc(S(=O)(=O)N2CCC(C)CC2)cc1. The van der Waals surface area contributed by atoms with Crippen LogP contribution in [0.25, 0.3) is 0 Å². The number of amides is 1. The molecular formula is C24H32N2O4S. The van der Waals surface area contributed by atoms with Gasteiger partial charge in [-0.05, 0) is 67.5 Å². The second-order valence-electron chi connectivity index (χ2n) is 8.59. The highest BCUT2D eigenvalue weighted by Gasteiger charge is 2.28. The number of rotatable bonds is 8. The van der Waals surface area contributed by atoms with Crippen LogP contribution in [0.2, 0.25) is 0 Å². The van der Waals surface area contributed by atoms with Crippen LogP contribution in [-0.4, -0.2) is 38.3 Å². The first-order valence-electron chi connectivity index (χ1n) is 10.9. The van der Waals surface area contributed by atoms with Crippen molar-refractivity contribution < 1.29 is 17.9 Å². The number of hydrogen-bond donors (Lipinski definition) is 1. The van der Waals surface area contributed by atoms with Crippen LogP contribution in [0.5, 0.6) is 5.75 Å². The van der Waals surface area contributed by atoms with E-state index in [-0.39, 0.29) is 10.8 Å². The number of para-hydroxylation sites is 1. The monoisotopic (exact) mass is 444 g/mol. The molecule has 1 heterocycles. The van der Waals surface area contributed by atoms with Crippen molar-refractivity contribution in [3.05, 3.63) is 54.1 Å². The third kappa shape index (κ3) is 6.08. The summed E-state index contributed by atoms with van der Waals surface area (Å²) in [7, 11) is -3.51. The summed E-state index contributed by atoms with van der Waals surface area (Å²) in [6.45, 7) is 8.04. The predicted octanol–water partition coefficient (Wildman–Crippen LogP) is 4.78. The number of benzene rings is 2. The van der Waals surface area contributed by atoms with E-state index in [4.69, 9.17) is 4.74 Å². The fourth-order valence-corrected chi connectivity index (χ4v) is 4.94. The number of sulfonamides is 1. The van der Waals surface area contributed by atoms with Crippen molar-refractivity contribution >= 4 is 21.6 Å². The molecule has 0 spiro atoms. The minimum Gasteiger partial charge on any atom is -0.493 e. The average molecular weight is 445 g/mol. The summed E-state index contributed by atoms with van der Waals surface area (Å²) in [6.07, 6.45) is 2.67. The molecule has 7 heteroatoms. The van der Waals surface area contributed by atoms with Gasteiger partial charge in [-0.2, -0.15) is 4.31 Å². The van der Waals surface area contributed by atoms with Crippen LogP contribution in [0.4, 0.5) is 5.69 Å². The molecule has 6 nitrogen and oxygen atoms in total. The summed E-state index contributed by atoms with van der Waals surface area (Å²) in [5.74, 6) is 1.32. The summed E-state index contributed by atoms with van der Waals surface area (Å²) in [4.78, 5) is 13.0. The lowest BCUT2D eigenvalue weighted by Crippen LogP contribution is -2.37. The molecule has 0 radical (unpaired) electrons. The molecule has 2 aromatic carbocycles. The Labute approximate surface area is 185 Å². The van der Waals surface area contributed by atoms with E-state index < -0.39 is 10.0 Å². The van der Waals surface area contributed by atoms with Crippen LogP contribution in [-0.2, 0) is 10.0 Å². The molecule has 3 rings (SSSR count). The highest BCUT2D eigenvalue weighted by molar-refractivity contribution is 7.89. The number of ether oxygens (including phenoxy) is 1. The fraction of sp³-hybridized carbons (Fsp3) is 0.458. The Balaban J connectivity index is 1.67. The van der Waals surface area contributed by atoms with Crippen molar-refractivity contribution in [2.45, 2.75) is 44.9 Å². The molecule has 0 bridgehead atoms. The first-order valence-corrected chi connectivity index (χ1v) is 12.3. The van der Waals surface area contributed by atoms with Crippen LogP contribution in [0, 0.1) is 11.8 Å². The maximum absolute atomic E-state index is 12.9. The van der Waals surface area contributed by atoms with Crippen molar-refractivity contribution in [2.75, 3.05) is 25.0 Å². The molecule has 168 valence electrons. The smallest absolute Gasteiger partial charge is 0.259 e. The van der Waals surface area contributed by atoms with Gasteiger partial charge < -0.3 is 10.1 Å². The summed E-state index contributed by atoms with van der Waals surface area (Å²) >= 11 is 0. The molecule has 1 N–H and O–H groups in total. The van der Waals surface area contributed by atoms with Gasteiger partial charge in [-0.3, -0.25) is 4.79 Å². The maximum atomic E-state index is 12.9. The van der Waals surface area contributed by atoms with E-state index >= 15 is 0 Å². The van der Waals surface area contributed by atoms with Crippen LogP contribution in [0.1, 0.15) is 50.4 Å². The van der Waals surface area contributed by atoms with E-state index in [1.807, 2.05) is 6.07 Å². The van der Waals surface area contributed by atoms with E-state index in [1.54, 1.807) is 46.8 Å². The zero-order chi connectivity index (χ0) is 22.4. The maximum Gasteiger partial charge on any atom is 0.259 e. The molecule has 0 unspecified atom stereocenters. The Morgan fingerprint density at radius 3 is 2.39 bits per heavy atom. The van der Waals surface area contributed by atoms with Crippen molar-refractivity contribution in [3.63, 3.8) is 0 Å². The molecule has 0 aromatic heterocycles. The zero-order valence-electron chi connectivity index (χ0n) is 18.5. The topological polar surface area (TPSA) is 75.7 Å². The normalized spacial score (nSPS) is 15.7. The fourth-order valence-electron chi connectivity index (χ4n) is 3.47. The molecular weight excluding hydrogens is 412 g/mol. The molecule has 2 aromatic rings. The lowest BCUT2D eigenvalue weighted by atomic mass is 10.0. The lowest BCUT2D eigenvalue weighted by Gasteiger charge is -2.29. The number of anilines is 1. The van der Waals surface area contributed by atoms with Gasteiger partial charge in [-0.1, -0.05) is 32.9 Å². The number of carbonyl (C=O) groups excluding carboxylic acids is 1. The Bertz CT molecular complexity index is 979. The number of carbonyl (C=O) groups is 1. The van der Waals surface area contributed by atoms with Crippen LogP contribution < -0.4 is 10.1 Å².